The first-order valence-corrected chi connectivity index (χ1v) is 18.2. The van der Waals surface area contributed by atoms with Crippen LogP contribution in [0.25, 0.3) is 33.3 Å². The molecule has 0 amide bonds. The molecule has 4 nitrogen and oxygen atoms in total. The number of aliphatic hydroxyl groups excluding tert-OH is 1. The van der Waals surface area contributed by atoms with Crippen molar-refractivity contribution in [1.82, 2.24) is 9.97 Å². The van der Waals surface area contributed by atoms with Crippen LogP contribution in [0.15, 0.2) is 59.9 Å². The largest absolute Gasteiger partial charge is 0.512 e. The van der Waals surface area contributed by atoms with E-state index in [1.807, 2.05) is 39.0 Å². The number of carbonyl (C=O) groups is 1. The van der Waals surface area contributed by atoms with Crippen LogP contribution in [0.4, 0.5) is 0 Å². The van der Waals surface area contributed by atoms with E-state index in [0.29, 0.717) is 5.92 Å². The van der Waals surface area contributed by atoms with E-state index in [2.05, 4.69) is 80.5 Å². The molecule has 1 radical (unpaired) electrons. The van der Waals surface area contributed by atoms with E-state index in [-0.39, 0.29) is 48.9 Å². The smallest absolute Gasteiger partial charge is 0.162 e. The number of thiophene rings is 1. The van der Waals surface area contributed by atoms with Crippen molar-refractivity contribution in [3.63, 3.8) is 0 Å². The van der Waals surface area contributed by atoms with Crippen LogP contribution in [-0.4, -0.2) is 20.9 Å². The number of rotatable bonds is 10. The number of ketones is 1. The summed E-state index contributed by atoms with van der Waals surface area (Å²) in [6, 6.07) is 16.6. The standard InChI is InChI=1S/C28H29N2S.C13H24O2.Ir/c1-18-16-31-27(19-9-5-6-10-19)26(18)25-15-24(29-17-30-25)21-13-20-11-7-8-12-22(20)23(14-21)28(2,3)4;1-5-10(6-2)12(14)9-13(15)11(7-3)8-4;/h7-8,11-12,14-17,19H,5-6,9-10H2,1-4H3;9-11,14H,5-8H2,1-4H3;/q-1;;/b;12-9-;. The monoisotopic (exact) mass is 830 g/mol. The molecule has 0 saturated heterocycles. The van der Waals surface area contributed by atoms with E-state index in [9.17, 15) is 9.90 Å². The van der Waals surface area contributed by atoms with Crippen molar-refractivity contribution in [2.75, 3.05) is 0 Å². The second kappa shape index (κ2) is 17.7. The van der Waals surface area contributed by atoms with Gasteiger partial charge in [0.15, 0.2) is 5.78 Å². The number of carbonyl (C=O) groups excluding carboxylic acids is 1. The Morgan fingerprint density at radius 2 is 1.60 bits per heavy atom. The number of hydrogen-bond donors (Lipinski definition) is 1. The maximum Gasteiger partial charge on any atom is 0.162 e. The first-order chi connectivity index (χ1) is 22.0. The zero-order valence-electron chi connectivity index (χ0n) is 29.6. The summed E-state index contributed by atoms with van der Waals surface area (Å²) in [6.45, 7) is 17.1. The van der Waals surface area contributed by atoms with Crippen molar-refractivity contribution in [3.8, 4) is 22.5 Å². The van der Waals surface area contributed by atoms with Gasteiger partial charge in [0.2, 0.25) is 0 Å². The fourth-order valence-electron chi connectivity index (χ4n) is 6.69. The second-order valence-electron chi connectivity index (χ2n) is 13.8. The number of fused-ring (bicyclic) bond motifs is 1. The first kappa shape index (κ1) is 38.8. The van der Waals surface area contributed by atoms with Gasteiger partial charge in [-0.15, -0.1) is 40.5 Å². The molecule has 47 heavy (non-hydrogen) atoms. The number of allylic oxidation sites excluding steroid dienone is 2. The molecule has 1 aliphatic carbocycles. The minimum absolute atomic E-state index is 0. The van der Waals surface area contributed by atoms with Crippen molar-refractivity contribution in [2.24, 2.45) is 11.8 Å². The van der Waals surface area contributed by atoms with Crippen molar-refractivity contribution in [1.29, 1.82) is 0 Å². The molecule has 2 heterocycles. The summed E-state index contributed by atoms with van der Waals surface area (Å²) in [5, 5.41) is 14.5. The predicted molar refractivity (Wildman–Crippen MR) is 196 cm³/mol. The normalized spacial score (nSPS) is 14.0. The zero-order chi connectivity index (χ0) is 33.4. The minimum atomic E-state index is 0. The molecule has 255 valence electrons. The van der Waals surface area contributed by atoms with Gasteiger partial charge in [0.25, 0.3) is 0 Å². The summed E-state index contributed by atoms with van der Waals surface area (Å²) in [6.07, 6.45) is 11.9. The van der Waals surface area contributed by atoms with Crippen LogP contribution in [0, 0.1) is 24.8 Å². The number of nitrogens with zero attached hydrogens (tertiary/aromatic N) is 2. The van der Waals surface area contributed by atoms with Crippen LogP contribution in [0.1, 0.15) is 122 Å². The molecule has 5 rings (SSSR count). The van der Waals surface area contributed by atoms with Gasteiger partial charge in [-0.25, -0.2) is 4.98 Å². The molecule has 4 aromatic rings. The molecule has 1 fully saturated rings. The van der Waals surface area contributed by atoms with Gasteiger partial charge in [-0.1, -0.05) is 90.5 Å². The maximum atomic E-state index is 11.7. The molecule has 2 aromatic carbocycles. The third-order valence-corrected chi connectivity index (χ3v) is 10.9. The molecule has 0 unspecified atom stereocenters. The average molecular weight is 830 g/mol. The topological polar surface area (TPSA) is 63.1 Å². The summed E-state index contributed by atoms with van der Waals surface area (Å²) in [7, 11) is 0. The summed E-state index contributed by atoms with van der Waals surface area (Å²) in [5.41, 5.74) is 7.07. The molecule has 1 aliphatic rings. The molecule has 0 spiro atoms. The van der Waals surface area contributed by atoms with E-state index in [1.165, 1.54) is 58.7 Å². The summed E-state index contributed by atoms with van der Waals surface area (Å²) in [5.74, 6) is 1.23. The summed E-state index contributed by atoms with van der Waals surface area (Å²) < 4.78 is 0. The Balaban J connectivity index is 0.000000322. The first-order valence-electron chi connectivity index (χ1n) is 17.3. The number of aromatic nitrogens is 2. The third kappa shape index (κ3) is 9.49. The van der Waals surface area contributed by atoms with Crippen molar-refractivity contribution < 1.29 is 30.0 Å². The van der Waals surface area contributed by atoms with Gasteiger partial charge in [-0.3, -0.25) is 9.78 Å². The predicted octanol–water partition coefficient (Wildman–Crippen LogP) is 12.0. The number of aliphatic hydroxyl groups is 1. The van der Waals surface area contributed by atoms with E-state index >= 15 is 0 Å². The Labute approximate surface area is 300 Å². The molecule has 0 bridgehead atoms. The summed E-state index contributed by atoms with van der Waals surface area (Å²) >= 11 is 1.91. The van der Waals surface area contributed by atoms with Crippen LogP contribution in [0.5, 0.6) is 0 Å². The van der Waals surface area contributed by atoms with E-state index in [4.69, 9.17) is 4.98 Å². The van der Waals surface area contributed by atoms with E-state index < -0.39 is 0 Å². The van der Waals surface area contributed by atoms with Gasteiger partial charge >= 0.3 is 0 Å². The average Bonchev–Trinajstić information content (AvgIpc) is 3.71. The van der Waals surface area contributed by atoms with Crippen LogP contribution >= 0.6 is 11.3 Å². The molecular weight excluding hydrogens is 777 g/mol. The fourth-order valence-corrected chi connectivity index (χ4v) is 7.92. The van der Waals surface area contributed by atoms with Gasteiger partial charge in [0, 0.05) is 54.2 Å². The SMILES string of the molecule is CCC(CC)C(=O)/C=C(\O)C(CC)CC.Cc1csc(C2CCCC2)c1-c1cc(-c2[c-]c3ccccc3c(C(C)(C)C)c2)ncn1.[Ir]. The van der Waals surface area contributed by atoms with E-state index in [1.54, 1.807) is 6.33 Å². The Morgan fingerprint density at radius 3 is 2.21 bits per heavy atom. The van der Waals surface area contributed by atoms with E-state index in [0.717, 1.165) is 48.0 Å². The van der Waals surface area contributed by atoms with Gasteiger partial charge in [-0.2, -0.15) is 0 Å². The fraction of sp³-hybridized carbons (Fsp3) is 0.488. The molecule has 6 heteroatoms. The summed E-state index contributed by atoms with van der Waals surface area (Å²) in [4.78, 5) is 22.6. The molecule has 0 atom stereocenters. The molecule has 0 aliphatic heterocycles. The molecular formula is C41H53IrN2O2S-. The van der Waals surface area contributed by atoms with Crippen LogP contribution in [0.2, 0.25) is 0 Å². The Bertz CT molecular complexity index is 1640. The van der Waals surface area contributed by atoms with Crippen LogP contribution < -0.4 is 0 Å². The molecule has 1 N–H and O–H groups in total. The van der Waals surface area contributed by atoms with Gasteiger partial charge in [0.05, 0.1) is 11.5 Å². The minimum Gasteiger partial charge on any atom is -0.512 e. The van der Waals surface area contributed by atoms with Gasteiger partial charge < -0.3 is 5.11 Å². The van der Waals surface area contributed by atoms with Crippen LogP contribution in [-0.2, 0) is 30.3 Å². The van der Waals surface area contributed by atoms with Crippen LogP contribution in [0.3, 0.4) is 0 Å². The Kier molecular flexibility index (Phi) is 14.6. The third-order valence-electron chi connectivity index (χ3n) is 9.59. The molecule has 1 saturated carbocycles. The Hall–Kier alpha value is -2.66. The second-order valence-corrected chi connectivity index (χ2v) is 14.7. The van der Waals surface area contributed by atoms with Crippen molar-refractivity contribution in [2.45, 2.75) is 118 Å². The van der Waals surface area contributed by atoms with Gasteiger partial charge in [-0.05, 0) is 73.8 Å². The molecule has 2 aromatic heterocycles. The Morgan fingerprint density at radius 1 is 0.979 bits per heavy atom. The quantitative estimate of drug-likeness (QED) is 0.0982. The zero-order valence-corrected chi connectivity index (χ0v) is 32.8. The number of aryl methyl sites for hydroxylation is 1. The van der Waals surface area contributed by atoms with Crippen molar-refractivity contribution in [3.05, 3.63) is 82.0 Å². The van der Waals surface area contributed by atoms with Gasteiger partial charge in [0.1, 0.15) is 6.33 Å². The maximum absolute atomic E-state index is 11.7. The van der Waals surface area contributed by atoms with Crippen molar-refractivity contribution >= 4 is 27.9 Å². The number of hydrogen-bond acceptors (Lipinski definition) is 5. The number of benzene rings is 2.